The van der Waals surface area contributed by atoms with Crippen LogP contribution in [-0.4, -0.2) is 11.9 Å². The van der Waals surface area contributed by atoms with Crippen molar-refractivity contribution in [2.75, 3.05) is 0 Å². The highest BCUT2D eigenvalue weighted by Gasteiger charge is 2.37. The van der Waals surface area contributed by atoms with E-state index >= 15 is 0 Å². The first-order valence-electron chi connectivity index (χ1n) is 1.69. The Labute approximate surface area is 43.1 Å². The zero-order valence-electron chi connectivity index (χ0n) is 3.95. The van der Waals surface area contributed by atoms with Gasteiger partial charge in [-0.2, -0.15) is 8.78 Å². The monoisotopic (exact) mass is 128 g/mol. The molecule has 0 N–H and O–H groups in total. The summed E-state index contributed by atoms with van der Waals surface area (Å²) >= 11 is 0. The number of carbonyl (C=O) groups excluding carboxylic acids is 1. The van der Waals surface area contributed by atoms with Gasteiger partial charge in [-0.15, -0.1) is 4.94 Å². The quantitative estimate of drug-likeness (QED) is 0.556. The van der Waals surface area contributed by atoms with Crippen LogP contribution in [0.1, 0.15) is 6.92 Å². The Morgan fingerprint density at radius 2 is 2.00 bits per heavy atom. The number of hydrogen-bond acceptors (Lipinski definition) is 2. The predicted molar refractivity (Wildman–Crippen MR) is 17.8 cm³/mol. The highest BCUT2D eigenvalue weighted by atomic mass is 19.4. The van der Waals surface area contributed by atoms with Gasteiger partial charge in [-0.25, -0.2) is 0 Å². The van der Waals surface area contributed by atoms with Crippen LogP contribution in [0, 0.1) is 0 Å². The van der Waals surface area contributed by atoms with Crippen molar-refractivity contribution in [3.63, 3.8) is 0 Å². The Hall–Kier alpha value is -0.580. The maximum Gasteiger partial charge on any atom is 0.445 e. The van der Waals surface area contributed by atoms with Gasteiger partial charge in [0.15, 0.2) is 0 Å². The molecule has 0 rings (SSSR count). The van der Waals surface area contributed by atoms with Crippen LogP contribution in [-0.2, 0) is 9.74 Å². The molecule has 0 heterocycles. The van der Waals surface area contributed by atoms with E-state index in [2.05, 4.69) is 0 Å². The van der Waals surface area contributed by atoms with E-state index < -0.39 is 11.9 Å². The molecule has 0 unspecified atom stereocenters. The average molecular weight is 128 g/mol. The van der Waals surface area contributed by atoms with Gasteiger partial charge in [-0.1, -0.05) is 0 Å². The highest BCUT2D eigenvalue weighted by Crippen LogP contribution is 2.15. The number of Topliss-reactive ketones (excluding diaryl/α,β-unsaturated/α-hetero) is 1. The van der Waals surface area contributed by atoms with Crippen LogP contribution < -0.4 is 0 Å². The summed E-state index contributed by atoms with van der Waals surface area (Å²) in [6.45, 7) is 0.527. The molecular formula is C3H3F3O2. The van der Waals surface area contributed by atoms with Crippen molar-refractivity contribution in [3.05, 3.63) is 0 Å². The number of hydrogen-bond donors (Lipinski definition) is 0. The van der Waals surface area contributed by atoms with Gasteiger partial charge >= 0.3 is 6.11 Å². The van der Waals surface area contributed by atoms with Crippen molar-refractivity contribution >= 4 is 5.78 Å². The summed E-state index contributed by atoms with van der Waals surface area (Å²) in [5, 5.41) is 0. The summed E-state index contributed by atoms with van der Waals surface area (Å²) in [6, 6.07) is 0. The van der Waals surface area contributed by atoms with E-state index in [9.17, 15) is 18.1 Å². The standard InChI is InChI=1S/C3H3F3O2/c1-2(7)3(4,5)8-6/h1H3. The molecule has 0 saturated heterocycles. The Morgan fingerprint density at radius 1 is 1.62 bits per heavy atom. The zero-order valence-corrected chi connectivity index (χ0v) is 3.95. The average Bonchev–Trinajstić information content (AvgIpc) is 1.67. The Balaban J connectivity index is 3.91. The largest absolute Gasteiger partial charge is 0.445 e. The molecular weight excluding hydrogens is 125 g/mol. The fourth-order valence-electron chi connectivity index (χ4n) is 0.0543. The van der Waals surface area contributed by atoms with Crippen LogP contribution in [0.15, 0.2) is 0 Å². The molecule has 48 valence electrons. The lowest BCUT2D eigenvalue weighted by atomic mass is 10.4. The minimum atomic E-state index is -4.26. The predicted octanol–water partition coefficient (Wildman–Crippen LogP) is 1.07. The number of halogens is 3. The van der Waals surface area contributed by atoms with Crippen molar-refractivity contribution in [1.82, 2.24) is 0 Å². The molecule has 0 fully saturated rings. The van der Waals surface area contributed by atoms with Gasteiger partial charge in [0.25, 0.3) is 0 Å². The maximum absolute atomic E-state index is 11.3. The van der Waals surface area contributed by atoms with E-state index in [-0.39, 0.29) is 0 Å². The summed E-state index contributed by atoms with van der Waals surface area (Å²) in [4.78, 5) is 11.6. The maximum atomic E-state index is 11.3. The van der Waals surface area contributed by atoms with Crippen LogP contribution in [0.4, 0.5) is 13.3 Å². The molecule has 0 spiro atoms. The first-order chi connectivity index (χ1) is 3.50. The molecule has 0 atom stereocenters. The summed E-state index contributed by atoms with van der Waals surface area (Å²) < 4.78 is 33.2. The third-order valence-electron chi connectivity index (χ3n) is 0.507. The third kappa shape index (κ3) is 1.49. The molecule has 0 aliphatic rings. The molecule has 0 aliphatic carbocycles. The van der Waals surface area contributed by atoms with E-state index in [1.807, 2.05) is 4.94 Å². The molecule has 0 aromatic rings. The summed E-state index contributed by atoms with van der Waals surface area (Å²) in [7, 11) is 0. The van der Waals surface area contributed by atoms with Gasteiger partial charge in [0.2, 0.25) is 5.78 Å². The van der Waals surface area contributed by atoms with Crippen LogP contribution in [0.25, 0.3) is 0 Å². The molecule has 0 radical (unpaired) electrons. The SMILES string of the molecule is CC(=O)C(F)(F)OF. The molecule has 0 aromatic carbocycles. The van der Waals surface area contributed by atoms with Gasteiger partial charge in [0, 0.05) is 6.92 Å². The van der Waals surface area contributed by atoms with Crippen LogP contribution in [0.3, 0.4) is 0 Å². The number of rotatable bonds is 2. The van der Waals surface area contributed by atoms with Crippen LogP contribution >= 0.6 is 0 Å². The van der Waals surface area contributed by atoms with Gasteiger partial charge in [0.05, 0.1) is 0 Å². The minimum absolute atomic E-state index is 0.527. The summed E-state index contributed by atoms with van der Waals surface area (Å²) in [5.41, 5.74) is 0. The van der Waals surface area contributed by atoms with Crippen molar-refractivity contribution < 1.29 is 23.0 Å². The number of alkyl halides is 2. The van der Waals surface area contributed by atoms with E-state index in [0.717, 1.165) is 0 Å². The van der Waals surface area contributed by atoms with Gasteiger partial charge < -0.3 is 0 Å². The van der Waals surface area contributed by atoms with Crippen molar-refractivity contribution in [2.24, 2.45) is 0 Å². The summed E-state index contributed by atoms with van der Waals surface area (Å²) in [6.07, 6.45) is -4.26. The Bertz CT molecular complexity index is 101. The molecule has 0 amide bonds. The van der Waals surface area contributed by atoms with Crippen molar-refractivity contribution in [1.29, 1.82) is 0 Å². The topological polar surface area (TPSA) is 26.3 Å². The van der Waals surface area contributed by atoms with Gasteiger partial charge in [-0.3, -0.25) is 4.79 Å². The lowest BCUT2D eigenvalue weighted by molar-refractivity contribution is -0.331. The minimum Gasteiger partial charge on any atom is -0.290 e. The molecule has 5 heteroatoms. The normalized spacial score (nSPS) is 11.5. The van der Waals surface area contributed by atoms with E-state index in [0.29, 0.717) is 6.92 Å². The van der Waals surface area contributed by atoms with Crippen LogP contribution in [0.2, 0.25) is 0 Å². The second-order valence-corrected chi connectivity index (χ2v) is 1.15. The molecule has 8 heavy (non-hydrogen) atoms. The van der Waals surface area contributed by atoms with Gasteiger partial charge in [-0.05, 0) is 4.53 Å². The Kier molecular flexibility index (Phi) is 1.97. The van der Waals surface area contributed by atoms with E-state index in [4.69, 9.17) is 0 Å². The zero-order chi connectivity index (χ0) is 6.78. The van der Waals surface area contributed by atoms with Crippen LogP contribution in [0.5, 0.6) is 0 Å². The second-order valence-electron chi connectivity index (χ2n) is 1.15. The molecule has 2 nitrogen and oxygen atoms in total. The van der Waals surface area contributed by atoms with Gasteiger partial charge in [0.1, 0.15) is 0 Å². The molecule has 0 bridgehead atoms. The smallest absolute Gasteiger partial charge is 0.290 e. The number of ketones is 1. The second kappa shape index (κ2) is 2.13. The van der Waals surface area contributed by atoms with E-state index in [1.165, 1.54) is 0 Å². The lowest BCUT2D eigenvalue weighted by Gasteiger charge is -2.02. The molecule has 0 saturated carbocycles. The molecule has 0 aliphatic heterocycles. The third-order valence-corrected chi connectivity index (χ3v) is 0.507. The lowest BCUT2D eigenvalue weighted by Crippen LogP contribution is -2.26. The first-order valence-corrected chi connectivity index (χ1v) is 1.69. The van der Waals surface area contributed by atoms with Crippen molar-refractivity contribution in [3.8, 4) is 0 Å². The number of carbonyl (C=O) groups is 1. The van der Waals surface area contributed by atoms with E-state index in [1.54, 1.807) is 0 Å². The Morgan fingerprint density at radius 3 is 2.00 bits per heavy atom. The highest BCUT2D eigenvalue weighted by molar-refractivity contribution is 5.81. The first kappa shape index (κ1) is 7.42. The molecule has 0 aromatic heterocycles. The fourth-order valence-corrected chi connectivity index (χ4v) is 0.0543. The summed E-state index contributed by atoms with van der Waals surface area (Å²) in [5.74, 6) is -1.65. The fraction of sp³-hybridized carbons (Fsp3) is 0.667. The van der Waals surface area contributed by atoms with Crippen molar-refractivity contribution in [2.45, 2.75) is 13.0 Å².